The van der Waals surface area contributed by atoms with Gasteiger partial charge < -0.3 is 5.32 Å². The second-order valence-corrected chi connectivity index (χ2v) is 7.69. The maximum atomic E-state index is 4.68. The number of rotatable bonds is 3. The molecule has 2 nitrogen and oxygen atoms in total. The summed E-state index contributed by atoms with van der Waals surface area (Å²) in [5.74, 6) is 0. The Hall–Kier alpha value is -0.540. The lowest BCUT2D eigenvalue weighted by Gasteiger charge is -2.43. The van der Waals surface area contributed by atoms with Gasteiger partial charge in [-0.15, -0.1) is 11.8 Å². The number of hydrogen-bond donors (Lipinski definition) is 1. The predicted octanol–water partition coefficient (Wildman–Crippen LogP) is 3.96. The first kappa shape index (κ1) is 14.9. The third-order valence-corrected chi connectivity index (χ3v) is 5.44. The molecule has 106 valence electrons. The molecule has 0 aromatic carbocycles. The highest BCUT2D eigenvalue weighted by atomic mass is 32.2. The van der Waals surface area contributed by atoms with E-state index in [-0.39, 0.29) is 0 Å². The van der Waals surface area contributed by atoms with Crippen molar-refractivity contribution in [2.45, 2.75) is 63.3 Å². The molecule has 0 radical (unpaired) electrons. The summed E-state index contributed by atoms with van der Waals surface area (Å²) in [4.78, 5) is 4.68. The average molecular weight is 278 g/mol. The molecule has 1 aliphatic carbocycles. The SMILES string of the molecule is CNC1C(Sc2cc(C)cc(C)n2)CCCC1(C)C. The highest BCUT2D eigenvalue weighted by Gasteiger charge is 2.38. The molecule has 0 aliphatic heterocycles. The number of hydrogen-bond acceptors (Lipinski definition) is 3. The highest BCUT2D eigenvalue weighted by molar-refractivity contribution is 7.99. The first-order chi connectivity index (χ1) is 8.92. The molecule has 1 aromatic rings. The van der Waals surface area contributed by atoms with Crippen molar-refractivity contribution in [1.29, 1.82) is 0 Å². The number of pyridine rings is 1. The van der Waals surface area contributed by atoms with Crippen LogP contribution in [-0.2, 0) is 0 Å². The van der Waals surface area contributed by atoms with Gasteiger partial charge in [0.25, 0.3) is 0 Å². The van der Waals surface area contributed by atoms with Gasteiger partial charge in [0.1, 0.15) is 0 Å². The third kappa shape index (κ3) is 3.51. The Kier molecular flexibility index (Phi) is 4.57. The largest absolute Gasteiger partial charge is 0.315 e. The van der Waals surface area contributed by atoms with Crippen molar-refractivity contribution in [2.75, 3.05) is 7.05 Å². The van der Waals surface area contributed by atoms with Gasteiger partial charge in [-0.2, -0.15) is 0 Å². The zero-order chi connectivity index (χ0) is 14.0. The van der Waals surface area contributed by atoms with Crippen LogP contribution < -0.4 is 5.32 Å². The van der Waals surface area contributed by atoms with Crippen LogP contribution in [0.2, 0.25) is 0 Å². The van der Waals surface area contributed by atoms with Crippen LogP contribution in [0.5, 0.6) is 0 Å². The molecule has 2 unspecified atom stereocenters. The van der Waals surface area contributed by atoms with Crippen LogP contribution in [0.3, 0.4) is 0 Å². The fourth-order valence-corrected chi connectivity index (χ4v) is 4.99. The maximum absolute atomic E-state index is 4.68. The lowest BCUT2D eigenvalue weighted by Crippen LogP contribution is -2.49. The Bertz CT molecular complexity index is 422. The van der Waals surface area contributed by atoms with Crippen LogP contribution in [0.25, 0.3) is 0 Å². The van der Waals surface area contributed by atoms with Gasteiger partial charge in [0.05, 0.1) is 5.03 Å². The molecule has 2 rings (SSSR count). The number of aryl methyl sites for hydroxylation is 2. The van der Waals surface area contributed by atoms with Gasteiger partial charge in [0.2, 0.25) is 0 Å². The molecule has 1 N–H and O–H groups in total. The molecule has 0 amide bonds. The van der Waals surface area contributed by atoms with Crippen LogP contribution in [0.4, 0.5) is 0 Å². The molecule has 0 saturated heterocycles. The summed E-state index contributed by atoms with van der Waals surface area (Å²) in [7, 11) is 2.10. The molecule has 1 saturated carbocycles. The van der Waals surface area contributed by atoms with Crippen LogP contribution >= 0.6 is 11.8 Å². The molecule has 1 fully saturated rings. The minimum atomic E-state index is 0.379. The number of nitrogens with one attached hydrogen (secondary N) is 1. The summed E-state index contributed by atoms with van der Waals surface area (Å²) in [6, 6.07) is 4.92. The van der Waals surface area contributed by atoms with E-state index in [1.807, 2.05) is 11.8 Å². The van der Waals surface area contributed by atoms with Crippen molar-refractivity contribution < 1.29 is 0 Å². The Morgan fingerprint density at radius 1 is 1.32 bits per heavy atom. The molecule has 0 spiro atoms. The summed E-state index contributed by atoms with van der Waals surface area (Å²) in [6.07, 6.45) is 3.93. The standard InChI is InChI=1S/C16H26N2S/c1-11-9-12(2)18-14(10-11)19-13-7-6-8-16(3,4)15(13)17-5/h9-10,13,15,17H,6-8H2,1-5H3. The molecule has 0 bridgehead atoms. The second-order valence-electron chi connectivity index (χ2n) is 6.43. The average Bonchev–Trinajstić information content (AvgIpc) is 2.26. The van der Waals surface area contributed by atoms with Crippen molar-refractivity contribution in [3.63, 3.8) is 0 Å². The summed E-state index contributed by atoms with van der Waals surface area (Å²) in [5.41, 5.74) is 2.81. The number of nitrogens with zero attached hydrogens (tertiary/aromatic N) is 1. The Balaban J connectivity index is 2.16. The molecule has 19 heavy (non-hydrogen) atoms. The van der Waals surface area contributed by atoms with E-state index < -0.39 is 0 Å². The minimum Gasteiger partial charge on any atom is -0.315 e. The smallest absolute Gasteiger partial charge is 0.0968 e. The van der Waals surface area contributed by atoms with Crippen molar-refractivity contribution in [3.05, 3.63) is 23.4 Å². The fraction of sp³-hybridized carbons (Fsp3) is 0.688. The molecule has 3 heteroatoms. The van der Waals surface area contributed by atoms with E-state index in [9.17, 15) is 0 Å². The second kappa shape index (κ2) is 5.84. The van der Waals surface area contributed by atoms with Crippen molar-refractivity contribution in [2.24, 2.45) is 5.41 Å². The van der Waals surface area contributed by atoms with Gasteiger partial charge in [0, 0.05) is 17.0 Å². The Morgan fingerprint density at radius 3 is 2.68 bits per heavy atom. The molecular formula is C16H26N2S. The molecule has 1 aromatic heterocycles. The zero-order valence-electron chi connectivity index (χ0n) is 12.8. The fourth-order valence-electron chi connectivity index (χ4n) is 3.31. The van der Waals surface area contributed by atoms with Gasteiger partial charge in [-0.05, 0) is 56.8 Å². The number of aromatic nitrogens is 1. The monoisotopic (exact) mass is 278 g/mol. The van der Waals surface area contributed by atoms with Crippen LogP contribution in [0.15, 0.2) is 17.2 Å². The van der Waals surface area contributed by atoms with E-state index in [0.717, 1.165) is 5.69 Å². The Labute approximate surface area is 121 Å². The third-order valence-electron chi connectivity index (χ3n) is 4.18. The van der Waals surface area contributed by atoms with E-state index >= 15 is 0 Å². The summed E-state index contributed by atoms with van der Waals surface area (Å²) in [6.45, 7) is 9.00. The van der Waals surface area contributed by atoms with Crippen molar-refractivity contribution in [3.8, 4) is 0 Å². The van der Waals surface area contributed by atoms with Crippen molar-refractivity contribution in [1.82, 2.24) is 10.3 Å². The van der Waals surface area contributed by atoms with Gasteiger partial charge in [0.15, 0.2) is 0 Å². The molecule has 2 atom stereocenters. The van der Waals surface area contributed by atoms with E-state index in [2.05, 4.69) is 57.2 Å². The van der Waals surface area contributed by atoms with Crippen molar-refractivity contribution >= 4 is 11.8 Å². The Morgan fingerprint density at radius 2 is 2.05 bits per heavy atom. The van der Waals surface area contributed by atoms with Gasteiger partial charge >= 0.3 is 0 Å². The molecule has 1 aliphatic rings. The first-order valence-corrected chi connectivity index (χ1v) is 8.09. The lowest BCUT2D eigenvalue weighted by molar-refractivity contribution is 0.182. The number of thioether (sulfide) groups is 1. The minimum absolute atomic E-state index is 0.379. The van der Waals surface area contributed by atoms with E-state index in [1.165, 1.54) is 29.9 Å². The predicted molar refractivity (Wildman–Crippen MR) is 83.8 cm³/mol. The zero-order valence-corrected chi connectivity index (χ0v) is 13.6. The summed E-state index contributed by atoms with van der Waals surface area (Å²) in [5, 5.41) is 5.35. The van der Waals surface area contributed by atoms with E-state index in [1.54, 1.807) is 0 Å². The van der Waals surface area contributed by atoms with Crippen LogP contribution in [0.1, 0.15) is 44.4 Å². The quantitative estimate of drug-likeness (QED) is 0.906. The lowest BCUT2D eigenvalue weighted by atomic mass is 9.73. The molecular weight excluding hydrogens is 252 g/mol. The molecule has 1 heterocycles. The first-order valence-electron chi connectivity index (χ1n) is 7.21. The maximum Gasteiger partial charge on any atom is 0.0968 e. The topological polar surface area (TPSA) is 24.9 Å². The van der Waals surface area contributed by atoms with Gasteiger partial charge in [-0.3, -0.25) is 0 Å². The van der Waals surface area contributed by atoms with Crippen LogP contribution in [-0.4, -0.2) is 23.3 Å². The van der Waals surface area contributed by atoms with E-state index in [0.29, 0.717) is 16.7 Å². The summed E-state index contributed by atoms with van der Waals surface area (Å²) >= 11 is 1.95. The van der Waals surface area contributed by atoms with Gasteiger partial charge in [-0.1, -0.05) is 20.3 Å². The van der Waals surface area contributed by atoms with Crippen LogP contribution in [0, 0.1) is 19.3 Å². The van der Waals surface area contributed by atoms with Gasteiger partial charge in [-0.25, -0.2) is 4.98 Å². The van der Waals surface area contributed by atoms with E-state index in [4.69, 9.17) is 0 Å². The highest BCUT2D eigenvalue weighted by Crippen LogP contribution is 2.42. The summed E-state index contributed by atoms with van der Waals surface area (Å²) < 4.78 is 0. The normalized spacial score (nSPS) is 26.4.